The van der Waals surface area contributed by atoms with E-state index in [-0.39, 0.29) is 11.6 Å². The zero-order valence-electron chi connectivity index (χ0n) is 17.4. The Balaban J connectivity index is 1.93. The summed E-state index contributed by atoms with van der Waals surface area (Å²) in [6.07, 6.45) is 1.49. The van der Waals surface area contributed by atoms with Crippen LogP contribution in [0.3, 0.4) is 0 Å². The van der Waals surface area contributed by atoms with E-state index in [0.717, 1.165) is 22.3 Å². The van der Waals surface area contributed by atoms with E-state index in [9.17, 15) is 9.59 Å². The Morgan fingerprint density at radius 2 is 1.84 bits per heavy atom. The Morgan fingerprint density at radius 1 is 1.06 bits per heavy atom. The van der Waals surface area contributed by atoms with Gasteiger partial charge in [0.15, 0.2) is 11.7 Å². The molecule has 0 spiro atoms. The van der Waals surface area contributed by atoms with Crippen LogP contribution < -0.4 is 10.2 Å². The fraction of sp³-hybridized carbons (Fsp3) is 0.217. The third kappa shape index (κ3) is 4.34. The van der Waals surface area contributed by atoms with E-state index in [1.807, 2.05) is 63.2 Å². The average molecular weight is 435 g/mol. The lowest BCUT2D eigenvalue weighted by Crippen LogP contribution is -2.49. The molecular weight excluding hydrogens is 412 g/mol. The fourth-order valence-electron chi connectivity index (χ4n) is 3.42. The van der Waals surface area contributed by atoms with Crippen molar-refractivity contribution in [1.29, 1.82) is 0 Å². The van der Waals surface area contributed by atoms with Gasteiger partial charge in [-0.25, -0.2) is 0 Å². The zero-order chi connectivity index (χ0) is 22.0. The SMILES string of the molecule is CC(C)(C)NC(=O)C(c1ccco1)N(C(=O)c1csnn1)c1cccc2ccccc12. The predicted octanol–water partition coefficient (Wildman–Crippen LogP) is 4.59. The number of nitrogens with one attached hydrogen (secondary N) is 1. The van der Waals surface area contributed by atoms with Crippen LogP contribution >= 0.6 is 11.5 Å². The Hall–Kier alpha value is -3.52. The van der Waals surface area contributed by atoms with Gasteiger partial charge in [-0.3, -0.25) is 14.5 Å². The minimum absolute atomic E-state index is 0.165. The first-order valence-corrected chi connectivity index (χ1v) is 10.6. The number of rotatable bonds is 5. The van der Waals surface area contributed by atoms with Crippen molar-refractivity contribution in [3.05, 3.63) is 77.7 Å². The number of aromatic nitrogens is 2. The molecule has 1 atom stereocenters. The van der Waals surface area contributed by atoms with Crippen LogP contribution in [-0.4, -0.2) is 26.9 Å². The highest BCUT2D eigenvalue weighted by molar-refractivity contribution is 7.03. The van der Waals surface area contributed by atoms with Crippen LogP contribution in [0.4, 0.5) is 5.69 Å². The van der Waals surface area contributed by atoms with Gasteiger partial charge in [0, 0.05) is 16.3 Å². The molecular formula is C23H22N4O3S. The maximum atomic E-state index is 13.7. The number of amides is 2. The third-order valence-corrected chi connectivity index (χ3v) is 5.15. The Morgan fingerprint density at radius 3 is 2.52 bits per heavy atom. The Bertz CT molecular complexity index is 1190. The van der Waals surface area contributed by atoms with Crippen molar-refractivity contribution in [1.82, 2.24) is 14.9 Å². The molecule has 0 saturated carbocycles. The third-order valence-electron chi connectivity index (χ3n) is 4.64. The van der Waals surface area contributed by atoms with Gasteiger partial charge < -0.3 is 9.73 Å². The summed E-state index contributed by atoms with van der Waals surface area (Å²) < 4.78 is 9.45. The number of fused-ring (bicyclic) bond motifs is 1. The number of hydrogen-bond donors (Lipinski definition) is 1. The molecule has 4 aromatic rings. The highest BCUT2D eigenvalue weighted by Gasteiger charge is 2.38. The number of benzene rings is 2. The monoisotopic (exact) mass is 434 g/mol. The molecule has 2 heterocycles. The topological polar surface area (TPSA) is 88.3 Å². The van der Waals surface area contributed by atoms with Crippen LogP contribution in [0.15, 0.2) is 70.7 Å². The molecule has 0 bridgehead atoms. The molecule has 8 heteroatoms. The van der Waals surface area contributed by atoms with Crippen LogP contribution in [0.2, 0.25) is 0 Å². The molecule has 1 unspecified atom stereocenters. The lowest BCUT2D eigenvalue weighted by Gasteiger charge is -2.32. The van der Waals surface area contributed by atoms with Crippen LogP contribution in [0.25, 0.3) is 10.8 Å². The van der Waals surface area contributed by atoms with Crippen molar-refractivity contribution in [2.24, 2.45) is 0 Å². The number of carbonyl (C=O) groups is 2. The summed E-state index contributed by atoms with van der Waals surface area (Å²) in [7, 11) is 0. The summed E-state index contributed by atoms with van der Waals surface area (Å²) in [5.41, 5.74) is 0.247. The molecule has 0 radical (unpaired) electrons. The van der Waals surface area contributed by atoms with Gasteiger partial charge in [0.05, 0.1) is 12.0 Å². The molecule has 31 heavy (non-hydrogen) atoms. The van der Waals surface area contributed by atoms with Crippen molar-refractivity contribution in [3.63, 3.8) is 0 Å². The lowest BCUT2D eigenvalue weighted by atomic mass is 10.0. The highest BCUT2D eigenvalue weighted by Crippen LogP contribution is 2.35. The Kier molecular flexibility index (Phi) is 5.56. The second-order valence-electron chi connectivity index (χ2n) is 8.12. The number of furan rings is 1. The van der Waals surface area contributed by atoms with Crippen LogP contribution in [0, 0.1) is 0 Å². The number of anilines is 1. The first kappa shape index (κ1) is 20.7. The van der Waals surface area contributed by atoms with Crippen LogP contribution in [0.5, 0.6) is 0 Å². The fourth-order valence-corrected chi connectivity index (χ4v) is 3.85. The first-order chi connectivity index (χ1) is 14.8. The predicted molar refractivity (Wildman–Crippen MR) is 120 cm³/mol. The van der Waals surface area contributed by atoms with Gasteiger partial charge in [-0.05, 0) is 55.9 Å². The van der Waals surface area contributed by atoms with Gasteiger partial charge in [-0.15, -0.1) is 5.10 Å². The second kappa shape index (κ2) is 8.31. The maximum Gasteiger partial charge on any atom is 0.280 e. The molecule has 4 rings (SSSR count). The normalized spacial score (nSPS) is 12.5. The molecule has 0 saturated heterocycles. The molecule has 2 amide bonds. The molecule has 1 N–H and O–H groups in total. The number of carbonyl (C=O) groups excluding carboxylic acids is 2. The largest absolute Gasteiger partial charge is 0.467 e. The maximum absolute atomic E-state index is 13.7. The van der Waals surface area contributed by atoms with E-state index < -0.39 is 17.5 Å². The molecule has 2 aromatic heterocycles. The molecule has 0 aliphatic carbocycles. The van der Waals surface area contributed by atoms with Crippen molar-refractivity contribution < 1.29 is 14.0 Å². The molecule has 7 nitrogen and oxygen atoms in total. The quantitative estimate of drug-likeness (QED) is 0.496. The first-order valence-electron chi connectivity index (χ1n) is 9.79. The Labute approximate surface area is 183 Å². The van der Waals surface area contributed by atoms with Crippen LogP contribution in [-0.2, 0) is 4.79 Å². The van der Waals surface area contributed by atoms with Gasteiger partial charge >= 0.3 is 0 Å². The zero-order valence-corrected chi connectivity index (χ0v) is 18.2. The average Bonchev–Trinajstić information content (AvgIpc) is 3.44. The number of hydrogen-bond acceptors (Lipinski definition) is 6. The summed E-state index contributed by atoms with van der Waals surface area (Å²) in [4.78, 5) is 28.6. The molecule has 0 aliphatic heterocycles. The lowest BCUT2D eigenvalue weighted by molar-refractivity contribution is -0.124. The van der Waals surface area contributed by atoms with Gasteiger partial charge in [0.25, 0.3) is 11.8 Å². The van der Waals surface area contributed by atoms with Gasteiger partial charge in [0.2, 0.25) is 0 Å². The van der Waals surface area contributed by atoms with E-state index in [1.165, 1.54) is 11.2 Å². The molecule has 0 aliphatic rings. The standard InChI is InChI=1S/C23H22N4O3S/c1-23(2,3)24-21(28)20(19-12-7-13-30-19)27(22(29)17-14-31-26-25-17)18-11-6-9-15-8-4-5-10-16(15)18/h4-14,20H,1-3H3,(H,24,28). The summed E-state index contributed by atoms with van der Waals surface area (Å²) in [5, 5.41) is 10.3. The summed E-state index contributed by atoms with van der Waals surface area (Å²) in [5.74, 6) is -0.436. The van der Waals surface area contributed by atoms with E-state index in [4.69, 9.17) is 4.42 Å². The molecule has 2 aromatic carbocycles. The summed E-state index contributed by atoms with van der Waals surface area (Å²) in [6.45, 7) is 5.66. The van der Waals surface area contributed by atoms with E-state index >= 15 is 0 Å². The van der Waals surface area contributed by atoms with E-state index in [0.29, 0.717) is 11.4 Å². The number of nitrogens with zero attached hydrogens (tertiary/aromatic N) is 3. The second-order valence-corrected chi connectivity index (χ2v) is 8.73. The van der Waals surface area contributed by atoms with E-state index in [1.54, 1.807) is 17.5 Å². The van der Waals surface area contributed by atoms with Crippen molar-refractivity contribution in [3.8, 4) is 0 Å². The minimum atomic E-state index is -1.03. The summed E-state index contributed by atoms with van der Waals surface area (Å²) in [6, 6.07) is 15.7. The van der Waals surface area contributed by atoms with Crippen LogP contribution in [0.1, 0.15) is 43.1 Å². The smallest absolute Gasteiger partial charge is 0.280 e. The van der Waals surface area contributed by atoms with Gasteiger partial charge in [0.1, 0.15) is 5.76 Å². The highest BCUT2D eigenvalue weighted by atomic mass is 32.1. The van der Waals surface area contributed by atoms with Gasteiger partial charge in [-0.1, -0.05) is 40.9 Å². The van der Waals surface area contributed by atoms with Crippen molar-refractivity contribution in [2.45, 2.75) is 32.4 Å². The van der Waals surface area contributed by atoms with Crippen molar-refractivity contribution in [2.75, 3.05) is 4.90 Å². The minimum Gasteiger partial charge on any atom is -0.467 e. The van der Waals surface area contributed by atoms with Crippen molar-refractivity contribution >= 4 is 39.8 Å². The molecule has 158 valence electrons. The summed E-state index contributed by atoms with van der Waals surface area (Å²) >= 11 is 1.08. The van der Waals surface area contributed by atoms with E-state index in [2.05, 4.69) is 14.9 Å². The molecule has 0 fully saturated rings. The van der Waals surface area contributed by atoms with Gasteiger partial charge in [-0.2, -0.15) is 0 Å².